The predicted octanol–water partition coefficient (Wildman–Crippen LogP) is 2.59. The molecule has 0 bridgehead atoms. The van der Waals surface area contributed by atoms with Crippen LogP contribution in [0, 0.1) is 6.92 Å². The summed E-state index contributed by atoms with van der Waals surface area (Å²) < 4.78 is 3.07. The van der Waals surface area contributed by atoms with Crippen molar-refractivity contribution in [1.82, 2.24) is 24.5 Å². The van der Waals surface area contributed by atoms with Gasteiger partial charge in [0.2, 0.25) is 0 Å². The number of pyridine rings is 1. The molecule has 9 nitrogen and oxygen atoms in total. The molecule has 3 rings (SSSR count). The highest BCUT2D eigenvalue weighted by Gasteiger charge is 2.30. The Labute approximate surface area is 156 Å². The molecule has 0 fully saturated rings. The van der Waals surface area contributed by atoms with Crippen LogP contribution in [0.2, 0.25) is 0 Å². The minimum atomic E-state index is -1.22. The van der Waals surface area contributed by atoms with Gasteiger partial charge in [0.25, 0.3) is 5.91 Å². The van der Waals surface area contributed by atoms with Gasteiger partial charge in [-0.05, 0) is 40.7 Å². The lowest BCUT2D eigenvalue weighted by atomic mass is 10.1. The van der Waals surface area contributed by atoms with E-state index in [1.807, 2.05) is 20.8 Å². The van der Waals surface area contributed by atoms with E-state index in [4.69, 9.17) is 0 Å². The van der Waals surface area contributed by atoms with Gasteiger partial charge in [0.1, 0.15) is 0 Å². The third kappa shape index (κ3) is 3.27. The molecule has 0 saturated heterocycles. The molecule has 2 N–H and O–H groups in total. The second-order valence-corrected chi connectivity index (χ2v) is 7.22. The van der Waals surface area contributed by atoms with Crippen LogP contribution in [0.1, 0.15) is 49.8 Å². The molecule has 0 aromatic carbocycles. The van der Waals surface area contributed by atoms with Gasteiger partial charge in [-0.25, -0.2) is 14.5 Å². The quantitative estimate of drug-likeness (QED) is 0.713. The number of nitrogens with zero attached hydrogens (tertiary/aromatic N) is 5. The number of carbonyl (C=O) groups excluding carboxylic acids is 1. The van der Waals surface area contributed by atoms with Crippen LogP contribution >= 0.6 is 0 Å². The average molecular weight is 370 g/mol. The Kier molecular flexibility index (Phi) is 4.46. The van der Waals surface area contributed by atoms with Crippen molar-refractivity contribution in [3.8, 4) is 0 Å². The maximum absolute atomic E-state index is 12.8. The summed E-state index contributed by atoms with van der Waals surface area (Å²) in [6.07, 6.45) is 4.55. The molecule has 9 heteroatoms. The minimum absolute atomic E-state index is 0.115. The second-order valence-electron chi connectivity index (χ2n) is 7.22. The van der Waals surface area contributed by atoms with Crippen LogP contribution < -0.4 is 5.32 Å². The first-order valence-electron chi connectivity index (χ1n) is 8.56. The summed E-state index contributed by atoms with van der Waals surface area (Å²) in [5.41, 5.74) is 1.00. The van der Waals surface area contributed by atoms with E-state index < -0.39 is 11.5 Å². The highest BCUT2D eigenvalue weighted by Crippen LogP contribution is 2.23. The summed E-state index contributed by atoms with van der Waals surface area (Å²) in [5, 5.41) is 21.1. The van der Waals surface area contributed by atoms with Crippen molar-refractivity contribution < 1.29 is 14.7 Å². The molecular weight excluding hydrogens is 348 g/mol. The zero-order valence-corrected chi connectivity index (χ0v) is 15.9. The normalized spacial score (nSPS) is 11.9. The molecule has 0 unspecified atom stereocenters. The summed E-state index contributed by atoms with van der Waals surface area (Å²) in [6.45, 7) is 8.87. The van der Waals surface area contributed by atoms with Crippen LogP contribution in [0.5, 0.6) is 0 Å². The zero-order valence-electron chi connectivity index (χ0n) is 15.9. The van der Waals surface area contributed by atoms with Gasteiger partial charge in [-0.2, -0.15) is 10.2 Å². The van der Waals surface area contributed by atoms with Crippen molar-refractivity contribution in [2.75, 3.05) is 5.32 Å². The summed E-state index contributed by atoms with van der Waals surface area (Å²) in [6, 6.07) is 1.82. The molecule has 0 spiro atoms. The Morgan fingerprint density at radius 1 is 1.22 bits per heavy atom. The van der Waals surface area contributed by atoms with E-state index in [-0.39, 0.29) is 11.9 Å². The molecule has 0 saturated carbocycles. The SMILES string of the molecule is Cc1cc(C(=O)Nc2cnn(C(C)(C)C(=O)O)c2)c2cnn(C(C)C)c2n1. The molecule has 3 aromatic rings. The number of nitrogens with one attached hydrogen (secondary N) is 1. The molecule has 3 aromatic heterocycles. The van der Waals surface area contributed by atoms with Gasteiger partial charge in [0, 0.05) is 17.9 Å². The Bertz CT molecular complexity index is 1030. The molecule has 1 amide bonds. The first-order valence-corrected chi connectivity index (χ1v) is 8.56. The number of fused-ring (bicyclic) bond motifs is 1. The monoisotopic (exact) mass is 370 g/mol. The summed E-state index contributed by atoms with van der Waals surface area (Å²) in [4.78, 5) is 28.7. The lowest BCUT2D eigenvalue weighted by molar-refractivity contribution is -0.146. The number of rotatable bonds is 5. The third-order valence-electron chi connectivity index (χ3n) is 4.37. The van der Waals surface area contributed by atoms with Gasteiger partial charge in [0.15, 0.2) is 11.2 Å². The zero-order chi connectivity index (χ0) is 19.9. The molecule has 0 aliphatic carbocycles. The molecule has 27 heavy (non-hydrogen) atoms. The van der Waals surface area contributed by atoms with Gasteiger partial charge in [-0.15, -0.1) is 0 Å². The number of carbonyl (C=O) groups is 2. The molecule has 0 aliphatic heterocycles. The summed E-state index contributed by atoms with van der Waals surface area (Å²) in [7, 11) is 0. The first kappa shape index (κ1) is 18.6. The molecule has 0 aliphatic rings. The highest BCUT2D eigenvalue weighted by molar-refractivity contribution is 6.11. The van der Waals surface area contributed by atoms with Crippen LogP contribution in [0.15, 0.2) is 24.7 Å². The number of hydrogen-bond donors (Lipinski definition) is 2. The van der Waals surface area contributed by atoms with Crippen LogP contribution in [0.25, 0.3) is 11.0 Å². The van der Waals surface area contributed by atoms with Gasteiger partial charge in [-0.3, -0.25) is 9.48 Å². The van der Waals surface area contributed by atoms with Crippen LogP contribution in [0.4, 0.5) is 5.69 Å². The van der Waals surface area contributed by atoms with Crippen LogP contribution in [0.3, 0.4) is 0 Å². The number of anilines is 1. The van der Waals surface area contributed by atoms with Crippen LogP contribution in [-0.4, -0.2) is 41.5 Å². The number of aromatic nitrogens is 5. The smallest absolute Gasteiger partial charge is 0.331 e. The molecular formula is C18H22N6O3. The molecule has 142 valence electrons. The third-order valence-corrected chi connectivity index (χ3v) is 4.37. The van der Waals surface area contributed by atoms with Crippen LogP contribution in [-0.2, 0) is 10.3 Å². The van der Waals surface area contributed by atoms with Gasteiger partial charge in [0.05, 0.1) is 29.0 Å². The standard InChI is InChI=1S/C18H22N6O3/c1-10(2)24-15-14(8-20-24)13(6-11(3)21-15)16(25)22-12-7-19-23(9-12)18(4,5)17(26)27/h6-10H,1-5H3,(H,22,25)(H,26,27). The maximum atomic E-state index is 12.8. The minimum Gasteiger partial charge on any atom is -0.479 e. The van der Waals surface area contributed by atoms with Gasteiger partial charge >= 0.3 is 5.97 Å². The Morgan fingerprint density at radius 2 is 1.93 bits per heavy atom. The Hall–Kier alpha value is -3.23. The van der Waals surface area contributed by atoms with E-state index in [2.05, 4.69) is 20.5 Å². The van der Waals surface area contributed by atoms with E-state index in [1.54, 1.807) is 16.9 Å². The second kappa shape index (κ2) is 6.49. The number of hydrogen-bond acceptors (Lipinski definition) is 5. The van der Waals surface area contributed by atoms with Gasteiger partial charge in [-0.1, -0.05) is 0 Å². The van der Waals surface area contributed by atoms with Crippen molar-refractivity contribution in [2.45, 2.75) is 46.2 Å². The van der Waals surface area contributed by atoms with Crippen molar-refractivity contribution in [2.24, 2.45) is 0 Å². The Balaban J connectivity index is 1.94. The number of aliphatic carboxylic acids is 1. The molecule has 3 heterocycles. The van der Waals surface area contributed by atoms with Crippen molar-refractivity contribution >= 4 is 28.6 Å². The number of aryl methyl sites for hydroxylation is 1. The fourth-order valence-electron chi connectivity index (χ4n) is 2.70. The van der Waals surface area contributed by atoms with E-state index in [0.29, 0.717) is 28.0 Å². The van der Waals surface area contributed by atoms with E-state index in [1.165, 1.54) is 30.9 Å². The summed E-state index contributed by atoms with van der Waals surface area (Å²) in [5.74, 6) is -1.35. The lowest BCUT2D eigenvalue weighted by Crippen LogP contribution is -2.35. The van der Waals surface area contributed by atoms with E-state index in [9.17, 15) is 14.7 Å². The largest absolute Gasteiger partial charge is 0.479 e. The molecule has 0 atom stereocenters. The first-order chi connectivity index (χ1) is 12.6. The van der Waals surface area contributed by atoms with E-state index >= 15 is 0 Å². The van der Waals surface area contributed by atoms with E-state index in [0.717, 1.165) is 0 Å². The number of amides is 1. The Morgan fingerprint density at radius 3 is 2.56 bits per heavy atom. The van der Waals surface area contributed by atoms with Gasteiger partial charge < -0.3 is 10.4 Å². The fraction of sp³-hybridized carbons (Fsp3) is 0.389. The molecule has 0 radical (unpaired) electrons. The van der Waals surface area contributed by atoms with Crippen molar-refractivity contribution in [1.29, 1.82) is 0 Å². The average Bonchev–Trinajstić information content (AvgIpc) is 3.20. The maximum Gasteiger partial charge on any atom is 0.331 e. The number of carboxylic acid groups (broad SMARTS) is 1. The number of carboxylic acids is 1. The topological polar surface area (TPSA) is 115 Å². The lowest BCUT2D eigenvalue weighted by Gasteiger charge is -2.19. The van der Waals surface area contributed by atoms with Crippen molar-refractivity contribution in [3.63, 3.8) is 0 Å². The summed E-state index contributed by atoms with van der Waals surface area (Å²) >= 11 is 0. The van der Waals surface area contributed by atoms with Crippen molar-refractivity contribution in [3.05, 3.63) is 35.9 Å². The highest BCUT2D eigenvalue weighted by atomic mass is 16.4. The fourth-order valence-corrected chi connectivity index (χ4v) is 2.70. The predicted molar refractivity (Wildman–Crippen MR) is 99.8 cm³/mol.